The highest BCUT2D eigenvalue weighted by Gasteiger charge is 2.09. The standard InChI is InChI=1S/C16H15BrO3S/c1-2-20-12-5-3-11(4-6-12)10-21-13-7-8-15(17)14(9-13)16(18)19/h3-9H,2,10H2,1H3,(H,18,19). The molecule has 110 valence electrons. The average Bonchev–Trinajstić information content (AvgIpc) is 2.48. The largest absolute Gasteiger partial charge is 0.494 e. The van der Waals surface area contributed by atoms with Crippen LogP contribution in [-0.4, -0.2) is 17.7 Å². The van der Waals surface area contributed by atoms with Crippen molar-refractivity contribution in [3.8, 4) is 5.75 Å². The summed E-state index contributed by atoms with van der Waals surface area (Å²) in [5.74, 6) is 0.723. The fourth-order valence-electron chi connectivity index (χ4n) is 1.77. The lowest BCUT2D eigenvalue weighted by molar-refractivity contribution is 0.0695. The molecule has 2 aromatic rings. The van der Waals surface area contributed by atoms with E-state index in [1.807, 2.05) is 37.3 Å². The van der Waals surface area contributed by atoms with E-state index in [-0.39, 0.29) is 5.56 Å². The molecular formula is C16H15BrO3S. The van der Waals surface area contributed by atoms with Gasteiger partial charge in [-0.3, -0.25) is 0 Å². The summed E-state index contributed by atoms with van der Waals surface area (Å²) < 4.78 is 6.00. The lowest BCUT2D eigenvalue weighted by Gasteiger charge is -2.06. The minimum Gasteiger partial charge on any atom is -0.494 e. The van der Waals surface area contributed by atoms with Gasteiger partial charge in [-0.25, -0.2) is 4.79 Å². The molecule has 0 aliphatic rings. The number of rotatable bonds is 6. The van der Waals surface area contributed by atoms with Crippen molar-refractivity contribution < 1.29 is 14.6 Å². The van der Waals surface area contributed by atoms with Gasteiger partial charge in [0, 0.05) is 15.1 Å². The van der Waals surface area contributed by atoms with Crippen molar-refractivity contribution in [2.45, 2.75) is 17.6 Å². The molecule has 21 heavy (non-hydrogen) atoms. The van der Waals surface area contributed by atoms with Gasteiger partial charge in [0.25, 0.3) is 0 Å². The van der Waals surface area contributed by atoms with Crippen molar-refractivity contribution in [3.05, 3.63) is 58.1 Å². The van der Waals surface area contributed by atoms with Crippen LogP contribution in [0.25, 0.3) is 0 Å². The summed E-state index contributed by atoms with van der Waals surface area (Å²) in [6, 6.07) is 13.3. The zero-order chi connectivity index (χ0) is 15.2. The van der Waals surface area contributed by atoms with Crippen molar-refractivity contribution in [1.82, 2.24) is 0 Å². The monoisotopic (exact) mass is 366 g/mol. The van der Waals surface area contributed by atoms with Crippen LogP contribution in [0.5, 0.6) is 5.75 Å². The van der Waals surface area contributed by atoms with Crippen LogP contribution in [0.1, 0.15) is 22.8 Å². The lowest BCUT2D eigenvalue weighted by Crippen LogP contribution is -1.97. The van der Waals surface area contributed by atoms with Crippen LogP contribution in [0.2, 0.25) is 0 Å². The Bertz CT molecular complexity index is 626. The molecule has 0 saturated carbocycles. The second-order valence-electron chi connectivity index (χ2n) is 4.31. The SMILES string of the molecule is CCOc1ccc(CSc2ccc(Br)c(C(=O)O)c2)cc1. The van der Waals surface area contributed by atoms with Crippen LogP contribution in [0.15, 0.2) is 51.8 Å². The van der Waals surface area contributed by atoms with E-state index in [9.17, 15) is 4.79 Å². The molecule has 2 rings (SSSR count). The first-order valence-electron chi connectivity index (χ1n) is 6.47. The number of carboxylic acid groups (broad SMARTS) is 1. The fourth-order valence-corrected chi connectivity index (χ4v) is 3.08. The van der Waals surface area contributed by atoms with E-state index in [0.717, 1.165) is 16.4 Å². The normalized spacial score (nSPS) is 10.4. The zero-order valence-corrected chi connectivity index (χ0v) is 13.9. The van der Waals surface area contributed by atoms with Gasteiger partial charge in [0.2, 0.25) is 0 Å². The molecule has 0 aliphatic heterocycles. The molecule has 1 N–H and O–H groups in total. The number of halogens is 1. The molecule has 0 amide bonds. The van der Waals surface area contributed by atoms with Crippen LogP contribution in [0, 0.1) is 0 Å². The first-order chi connectivity index (χ1) is 10.1. The Morgan fingerprint density at radius 3 is 2.57 bits per heavy atom. The number of ether oxygens (including phenoxy) is 1. The third-order valence-electron chi connectivity index (χ3n) is 2.81. The lowest BCUT2D eigenvalue weighted by atomic mass is 10.2. The molecule has 5 heteroatoms. The van der Waals surface area contributed by atoms with E-state index in [2.05, 4.69) is 15.9 Å². The van der Waals surface area contributed by atoms with Gasteiger partial charge >= 0.3 is 5.97 Å². The highest BCUT2D eigenvalue weighted by Crippen LogP contribution is 2.28. The highest BCUT2D eigenvalue weighted by molar-refractivity contribution is 9.10. The first kappa shape index (κ1) is 15.9. The second-order valence-corrected chi connectivity index (χ2v) is 6.22. The molecule has 0 unspecified atom stereocenters. The Morgan fingerprint density at radius 2 is 1.95 bits per heavy atom. The van der Waals surface area contributed by atoms with Gasteiger partial charge in [-0.1, -0.05) is 12.1 Å². The number of thioether (sulfide) groups is 1. The third-order valence-corrected chi connectivity index (χ3v) is 4.56. The van der Waals surface area contributed by atoms with E-state index in [1.165, 1.54) is 5.56 Å². The van der Waals surface area contributed by atoms with Gasteiger partial charge in [-0.05, 0) is 58.7 Å². The van der Waals surface area contributed by atoms with Gasteiger partial charge in [0.05, 0.1) is 12.2 Å². The number of hydrogen-bond donors (Lipinski definition) is 1. The van der Waals surface area contributed by atoms with E-state index < -0.39 is 5.97 Å². The average molecular weight is 367 g/mol. The van der Waals surface area contributed by atoms with Crippen molar-refractivity contribution in [2.75, 3.05) is 6.61 Å². The second kappa shape index (κ2) is 7.52. The van der Waals surface area contributed by atoms with Gasteiger partial charge < -0.3 is 9.84 Å². The van der Waals surface area contributed by atoms with Crippen molar-refractivity contribution >= 4 is 33.7 Å². The molecule has 3 nitrogen and oxygen atoms in total. The Balaban J connectivity index is 2.02. The topological polar surface area (TPSA) is 46.5 Å². The molecule has 2 aromatic carbocycles. The number of benzene rings is 2. The Hall–Kier alpha value is -1.46. The first-order valence-corrected chi connectivity index (χ1v) is 8.25. The maximum Gasteiger partial charge on any atom is 0.336 e. The molecular weight excluding hydrogens is 352 g/mol. The molecule has 0 fully saturated rings. The third kappa shape index (κ3) is 4.51. The maximum atomic E-state index is 11.1. The van der Waals surface area contributed by atoms with E-state index in [1.54, 1.807) is 23.9 Å². The Morgan fingerprint density at radius 1 is 1.24 bits per heavy atom. The van der Waals surface area contributed by atoms with Gasteiger partial charge in [0.15, 0.2) is 0 Å². The number of carboxylic acids is 1. The van der Waals surface area contributed by atoms with Crippen molar-refractivity contribution in [1.29, 1.82) is 0 Å². The number of hydrogen-bond acceptors (Lipinski definition) is 3. The fraction of sp³-hybridized carbons (Fsp3) is 0.188. The van der Waals surface area contributed by atoms with Crippen molar-refractivity contribution in [2.24, 2.45) is 0 Å². The molecule has 0 aliphatic carbocycles. The molecule has 0 saturated heterocycles. The van der Waals surface area contributed by atoms with Crippen LogP contribution in [-0.2, 0) is 5.75 Å². The molecule has 0 spiro atoms. The van der Waals surface area contributed by atoms with E-state index in [4.69, 9.17) is 9.84 Å². The molecule has 0 bridgehead atoms. The molecule has 0 aromatic heterocycles. The molecule has 0 atom stereocenters. The minimum absolute atomic E-state index is 0.284. The molecule has 0 radical (unpaired) electrons. The summed E-state index contributed by atoms with van der Waals surface area (Å²) >= 11 is 4.85. The predicted octanol–water partition coefficient (Wildman–Crippen LogP) is 4.84. The highest BCUT2D eigenvalue weighted by atomic mass is 79.9. The number of carbonyl (C=O) groups is 1. The van der Waals surface area contributed by atoms with Crippen LogP contribution < -0.4 is 4.74 Å². The molecule has 0 heterocycles. The van der Waals surface area contributed by atoms with Crippen LogP contribution >= 0.6 is 27.7 Å². The Kier molecular flexibility index (Phi) is 5.70. The summed E-state index contributed by atoms with van der Waals surface area (Å²) in [4.78, 5) is 12.0. The predicted molar refractivity (Wildman–Crippen MR) is 88.3 cm³/mol. The summed E-state index contributed by atoms with van der Waals surface area (Å²) in [6.07, 6.45) is 0. The minimum atomic E-state index is -0.926. The summed E-state index contributed by atoms with van der Waals surface area (Å²) in [7, 11) is 0. The summed E-state index contributed by atoms with van der Waals surface area (Å²) in [5.41, 5.74) is 1.45. The van der Waals surface area contributed by atoms with E-state index in [0.29, 0.717) is 11.1 Å². The van der Waals surface area contributed by atoms with Gasteiger partial charge in [-0.15, -0.1) is 11.8 Å². The Labute approximate surface area is 136 Å². The quantitative estimate of drug-likeness (QED) is 0.743. The summed E-state index contributed by atoms with van der Waals surface area (Å²) in [5, 5.41) is 9.10. The van der Waals surface area contributed by atoms with Gasteiger partial charge in [-0.2, -0.15) is 0 Å². The van der Waals surface area contributed by atoms with Crippen LogP contribution in [0.3, 0.4) is 0 Å². The zero-order valence-electron chi connectivity index (χ0n) is 11.5. The maximum absolute atomic E-state index is 11.1. The van der Waals surface area contributed by atoms with E-state index >= 15 is 0 Å². The number of aromatic carboxylic acids is 1. The van der Waals surface area contributed by atoms with Crippen LogP contribution in [0.4, 0.5) is 0 Å². The smallest absolute Gasteiger partial charge is 0.336 e. The summed E-state index contributed by atoms with van der Waals surface area (Å²) in [6.45, 7) is 2.61. The van der Waals surface area contributed by atoms with Crippen molar-refractivity contribution in [3.63, 3.8) is 0 Å². The van der Waals surface area contributed by atoms with Gasteiger partial charge in [0.1, 0.15) is 5.75 Å².